The fourth-order valence-corrected chi connectivity index (χ4v) is 3.68. The maximum Gasteiger partial charge on any atom is 0.0216 e. The highest BCUT2D eigenvalue weighted by Crippen LogP contribution is 2.27. The van der Waals surface area contributed by atoms with E-state index in [1.54, 1.807) is 16.9 Å². The van der Waals surface area contributed by atoms with Crippen molar-refractivity contribution in [3.8, 4) is 0 Å². The maximum atomic E-state index is 3.62. The molecule has 1 aliphatic carbocycles. The monoisotopic (exact) mass is 249 g/mol. The predicted octanol–water partition coefficient (Wildman–Crippen LogP) is 4.14. The molecule has 0 fully saturated rings. The third-order valence-corrected chi connectivity index (χ3v) is 4.51. The fourth-order valence-electron chi connectivity index (χ4n) is 2.82. The van der Waals surface area contributed by atoms with Crippen molar-refractivity contribution >= 4 is 11.3 Å². The lowest BCUT2D eigenvalue weighted by molar-refractivity contribution is 0.381. The Hall–Kier alpha value is -0.600. The lowest BCUT2D eigenvalue weighted by atomic mass is 9.84. The molecule has 94 valence electrons. The summed E-state index contributed by atoms with van der Waals surface area (Å²) < 4.78 is 0. The van der Waals surface area contributed by atoms with Crippen LogP contribution >= 0.6 is 11.3 Å². The number of hydrogen-bond acceptors (Lipinski definition) is 2. The number of rotatable bonds is 4. The Bertz CT molecular complexity index is 391. The van der Waals surface area contributed by atoms with Gasteiger partial charge in [0.2, 0.25) is 0 Å². The van der Waals surface area contributed by atoms with Crippen LogP contribution in [0, 0.1) is 18.8 Å². The highest BCUT2D eigenvalue weighted by molar-refractivity contribution is 7.08. The van der Waals surface area contributed by atoms with Crippen LogP contribution in [0.3, 0.4) is 0 Å². The lowest BCUT2D eigenvalue weighted by Gasteiger charge is -2.25. The summed E-state index contributed by atoms with van der Waals surface area (Å²) >= 11 is 1.80. The first kappa shape index (κ1) is 12.8. The van der Waals surface area contributed by atoms with E-state index in [-0.39, 0.29) is 0 Å². The second kappa shape index (κ2) is 5.83. The van der Waals surface area contributed by atoms with Crippen LogP contribution in [0.15, 0.2) is 22.4 Å². The van der Waals surface area contributed by atoms with Crippen molar-refractivity contribution in [2.75, 3.05) is 6.54 Å². The van der Waals surface area contributed by atoms with Gasteiger partial charge in [0.1, 0.15) is 0 Å². The molecule has 1 heterocycles. The van der Waals surface area contributed by atoms with E-state index >= 15 is 0 Å². The maximum absolute atomic E-state index is 3.62. The van der Waals surface area contributed by atoms with Crippen molar-refractivity contribution in [2.24, 2.45) is 11.8 Å². The molecular weight excluding hydrogens is 226 g/mol. The smallest absolute Gasteiger partial charge is 0.0216 e. The third-order valence-electron chi connectivity index (χ3n) is 3.59. The predicted molar refractivity (Wildman–Crippen MR) is 76.4 cm³/mol. The summed E-state index contributed by atoms with van der Waals surface area (Å²) in [5, 5.41) is 8.11. The molecule has 2 unspecified atom stereocenters. The van der Waals surface area contributed by atoms with E-state index in [1.807, 2.05) is 0 Å². The first-order valence-electron chi connectivity index (χ1n) is 6.55. The van der Waals surface area contributed by atoms with Gasteiger partial charge in [-0.3, -0.25) is 0 Å². The molecule has 0 aromatic carbocycles. The van der Waals surface area contributed by atoms with Crippen molar-refractivity contribution < 1.29 is 0 Å². The first-order chi connectivity index (χ1) is 8.15. The molecule has 0 spiro atoms. The van der Waals surface area contributed by atoms with Crippen LogP contribution in [0.4, 0.5) is 0 Å². The molecule has 0 radical (unpaired) electrons. The molecular formula is C15H23NS. The number of hydrogen-bond donors (Lipinski definition) is 1. The third kappa shape index (κ3) is 3.68. The molecule has 0 aliphatic heterocycles. The molecule has 0 saturated carbocycles. The Morgan fingerprint density at radius 3 is 2.82 bits per heavy atom. The highest BCUT2D eigenvalue weighted by Gasteiger charge is 2.17. The van der Waals surface area contributed by atoms with Crippen LogP contribution in [-0.4, -0.2) is 6.54 Å². The molecule has 0 saturated heterocycles. The Labute approximate surface area is 109 Å². The van der Waals surface area contributed by atoms with Crippen LogP contribution < -0.4 is 5.32 Å². The standard InChI is InChI=1S/C15H23NS/c1-11-4-12(2)6-14(5-11)7-16-8-15-10-17-9-13(15)3/h4,9-11,14,16H,5-8H2,1-3H3. The minimum Gasteiger partial charge on any atom is -0.312 e. The average molecular weight is 249 g/mol. The molecule has 0 bridgehead atoms. The summed E-state index contributed by atoms with van der Waals surface area (Å²) in [5.41, 5.74) is 4.46. The highest BCUT2D eigenvalue weighted by atomic mass is 32.1. The molecule has 0 amide bonds. The van der Waals surface area contributed by atoms with Gasteiger partial charge in [-0.2, -0.15) is 11.3 Å². The second-order valence-corrected chi connectivity index (χ2v) is 6.25. The summed E-state index contributed by atoms with van der Waals surface area (Å²) in [6, 6.07) is 0. The molecule has 1 N–H and O–H groups in total. The van der Waals surface area contributed by atoms with Crippen molar-refractivity contribution in [1.29, 1.82) is 0 Å². The van der Waals surface area contributed by atoms with Crippen LogP contribution in [0.25, 0.3) is 0 Å². The van der Waals surface area contributed by atoms with Gasteiger partial charge in [-0.1, -0.05) is 18.6 Å². The molecule has 1 aromatic heterocycles. The van der Waals surface area contributed by atoms with Gasteiger partial charge in [-0.25, -0.2) is 0 Å². The summed E-state index contributed by atoms with van der Waals surface area (Å²) in [4.78, 5) is 0. The van der Waals surface area contributed by atoms with Gasteiger partial charge in [0.25, 0.3) is 0 Å². The van der Waals surface area contributed by atoms with Gasteiger partial charge >= 0.3 is 0 Å². The van der Waals surface area contributed by atoms with Gasteiger partial charge in [0.15, 0.2) is 0 Å². The lowest BCUT2D eigenvalue weighted by Crippen LogP contribution is -2.25. The quantitative estimate of drug-likeness (QED) is 0.791. The Morgan fingerprint density at radius 1 is 1.35 bits per heavy atom. The average Bonchev–Trinajstić information content (AvgIpc) is 2.63. The summed E-state index contributed by atoms with van der Waals surface area (Å²) in [5.74, 6) is 1.59. The van der Waals surface area contributed by atoms with E-state index in [1.165, 1.54) is 24.0 Å². The van der Waals surface area contributed by atoms with Gasteiger partial charge in [0, 0.05) is 6.54 Å². The zero-order chi connectivity index (χ0) is 12.3. The van der Waals surface area contributed by atoms with Gasteiger partial charge in [0.05, 0.1) is 0 Å². The number of nitrogens with one attached hydrogen (secondary N) is 1. The minimum absolute atomic E-state index is 0.762. The molecule has 1 aliphatic rings. The van der Waals surface area contributed by atoms with Gasteiger partial charge in [-0.05, 0) is 67.0 Å². The van der Waals surface area contributed by atoms with Crippen molar-refractivity contribution in [2.45, 2.75) is 40.2 Å². The zero-order valence-electron chi connectivity index (χ0n) is 11.1. The van der Waals surface area contributed by atoms with E-state index in [0.717, 1.165) is 24.9 Å². The van der Waals surface area contributed by atoms with E-state index in [9.17, 15) is 0 Å². The number of thiophene rings is 1. The molecule has 2 rings (SSSR count). The topological polar surface area (TPSA) is 12.0 Å². The molecule has 1 aromatic rings. The minimum atomic E-state index is 0.762. The Balaban J connectivity index is 1.76. The van der Waals surface area contributed by atoms with Gasteiger partial charge < -0.3 is 5.32 Å². The van der Waals surface area contributed by atoms with E-state index < -0.39 is 0 Å². The molecule has 1 nitrogen and oxygen atoms in total. The van der Waals surface area contributed by atoms with Crippen LogP contribution in [0.2, 0.25) is 0 Å². The second-order valence-electron chi connectivity index (χ2n) is 5.51. The summed E-state index contributed by atoms with van der Waals surface area (Å²) in [6.45, 7) is 8.99. The molecule has 17 heavy (non-hydrogen) atoms. The van der Waals surface area contributed by atoms with Crippen LogP contribution in [-0.2, 0) is 6.54 Å². The van der Waals surface area contributed by atoms with Gasteiger partial charge in [-0.15, -0.1) is 0 Å². The Kier molecular flexibility index (Phi) is 4.41. The normalized spacial score (nSPS) is 24.8. The number of allylic oxidation sites excluding steroid dienone is 2. The first-order valence-corrected chi connectivity index (χ1v) is 7.49. The van der Waals surface area contributed by atoms with Crippen molar-refractivity contribution in [3.05, 3.63) is 33.5 Å². The largest absolute Gasteiger partial charge is 0.312 e. The van der Waals surface area contributed by atoms with E-state index in [2.05, 4.69) is 42.9 Å². The Morgan fingerprint density at radius 2 is 2.18 bits per heavy atom. The molecule has 2 atom stereocenters. The van der Waals surface area contributed by atoms with E-state index in [0.29, 0.717) is 0 Å². The zero-order valence-corrected chi connectivity index (χ0v) is 11.9. The summed E-state index contributed by atoms with van der Waals surface area (Å²) in [6.07, 6.45) is 5.05. The molecule has 2 heteroatoms. The fraction of sp³-hybridized carbons (Fsp3) is 0.600. The van der Waals surface area contributed by atoms with Crippen LogP contribution in [0.5, 0.6) is 0 Å². The SMILES string of the molecule is CC1=CC(C)CC(CNCc2cscc2C)C1. The number of aryl methyl sites for hydroxylation is 1. The van der Waals surface area contributed by atoms with Crippen molar-refractivity contribution in [1.82, 2.24) is 5.32 Å². The van der Waals surface area contributed by atoms with Crippen LogP contribution in [0.1, 0.15) is 37.8 Å². The van der Waals surface area contributed by atoms with E-state index in [4.69, 9.17) is 0 Å². The van der Waals surface area contributed by atoms with Crippen molar-refractivity contribution in [3.63, 3.8) is 0 Å². The summed E-state index contributed by atoms with van der Waals surface area (Å²) in [7, 11) is 0.